The maximum absolute atomic E-state index is 13.5. The number of aliphatic hydroxyl groups is 5. The molecule has 2 saturated carbocycles. The molecule has 1 heterocycles. The average molecular weight is 637 g/mol. The lowest BCUT2D eigenvalue weighted by Gasteiger charge is -2.48. The van der Waals surface area contributed by atoms with E-state index in [-0.39, 0.29) is 72.4 Å². The standard InChI is InChI=1S/C36H60O9/c1-8-9-29(39)22(4)32-20(2)14-21(3)36(43,45-32)23(5)33(41)44-19-25(18-38)26-10-12-34(6)16-27-24(17-37)15-30(40)31(27)35(7,42)13-11-28(26)34/h11,20-27,30-32,37-38,40,42-43H,8-10,12-19H2,1-7H3/b28-11-/t20-,21-,22-,23-,24+,25-,26-,27-,30-,31+,32+,34-,35+,36-/m1/s1. The van der Waals surface area contributed by atoms with Crippen LogP contribution in [0.1, 0.15) is 99.8 Å². The number of aliphatic hydroxyl groups excluding tert-OH is 3. The van der Waals surface area contributed by atoms with Crippen LogP contribution < -0.4 is 0 Å². The summed E-state index contributed by atoms with van der Waals surface area (Å²) in [4.78, 5) is 26.2. The van der Waals surface area contributed by atoms with E-state index >= 15 is 0 Å². The molecule has 0 bridgehead atoms. The summed E-state index contributed by atoms with van der Waals surface area (Å²) in [6, 6.07) is 0. The molecule has 0 aromatic carbocycles. The van der Waals surface area contributed by atoms with E-state index < -0.39 is 41.4 Å². The highest BCUT2D eigenvalue weighted by Crippen LogP contribution is 2.59. The lowest BCUT2D eigenvalue weighted by molar-refractivity contribution is -0.318. The fourth-order valence-corrected chi connectivity index (χ4v) is 9.76. The highest BCUT2D eigenvalue weighted by atomic mass is 16.6. The minimum Gasteiger partial charge on any atom is -0.465 e. The average Bonchev–Trinajstić information content (AvgIpc) is 3.47. The van der Waals surface area contributed by atoms with Crippen molar-refractivity contribution in [3.05, 3.63) is 11.6 Å². The molecule has 0 radical (unpaired) electrons. The topological polar surface area (TPSA) is 154 Å². The van der Waals surface area contributed by atoms with Crippen LogP contribution in [-0.4, -0.2) is 80.7 Å². The van der Waals surface area contributed by atoms with Gasteiger partial charge in [0.2, 0.25) is 0 Å². The van der Waals surface area contributed by atoms with Crippen molar-refractivity contribution in [2.75, 3.05) is 19.8 Å². The van der Waals surface area contributed by atoms with Crippen LogP contribution in [0.3, 0.4) is 0 Å². The Labute approximate surface area is 269 Å². The lowest BCUT2D eigenvalue weighted by atomic mass is 9.64. The first kappa shape index (κ1) is 36.5. The number of esters is 1. The van der Waals surface area contributed by atoms with E-state index in [1.807, 2.05) is 27.7 Å². The maximum Gasteiger partial charge on any atom is 0.314 e. The number of carbonyl (C=O) groups is 2. The first-order valence-electron chi connectivity index (χ1n) is 17.5. The Morgan fingerprint density at radius 2 is 1.82 bits per heavy atom. The molecule has 1 saturated heterocycles. The first-order valence-corrected chi connectivity index (χ1v) is 17.5. The second-order valence-corrected chi connectivity index (χ2v) is 15.8. The number of rotatable bonds is 11. The van der Waals surface area contributed by atoms with Gasteiger partial charge in [-0.3, -0.25) is 9.59 Å². The van der Waals surface area contributed by atoms with Gasteiger partial charge in [-0.25, -0.2) is 0 Å². The van der Waals surface area contributed by atoms with E-state index in [4.69, 9.17) is 9.47 Å². The Bertz CT molecular complexity index is 1090. The zero-order chi connectivity index (χ0) is 33.5. The van der Waals surface area contributed by atoms with Crippen LogP contribution in [0.15, 0.2) is 11.6 Å². The van der Waals surface area contributed by atoms with Gasteiger partial charge in [-0.2, -0.15) is 0 Å². The summed E-state index contributed by atoms with van der Waals surface area (Å²) in [7, 11) is 0. The maximum atomic E-state index is 13.5. The zero-order valence-electron chi connectivity index (χ0n) is 28.6. The monoisotopic (exact) mass is 636 g/mol. The van der Waals surface area contributed by atoms with Crippen LogP contribution in [-0.2, 0) is 19.1 Å². The summed E-state index contributed by atoms with van der Waals surface area (Å²) in [5.74, 6) is -4.84. The Morgan fingerprint density at radius 3 is 2.44 bits per heavy atom. The van der Waals surface area contributed by atoms with Crippen molar-refractivity contribution in [2.45, 2.75) is 123 Å². The van der Waals surface area contributed by atoms with Crippen LogP contribution in [0.4, 0.5) is 0 Å². The molecule has 4 rings (SSSR count). The van der Waals surface area contributed by atoms with Crippen LogP contribution in [0.5, 0.6) is 0 Å². The molecule has 3 fully saturated rings. The molecule has 0 aromatic heterocycles. The number of Topliss-reactive ketones (excluding diaryl/α,β-unsaturated/α-hetero) is 1. The number of hydrogen-bond acceptors (Lipinski definition) is 9. The van der Waals surface area contributed by atoms with Gasteiger partial charge in [-0.1, -0.05) is 46.3 Å². The lowest BCUT2D eigenvalue weighted by Crippen LogP contribution is -2.58. The van der Waals surface area contributed by atoms with Crippen molar-refractivity contribution in [3.8, 4) is 0 Å². The van der Waals surface area contributed by atoms with Gasteiger partial charge >= 0.3 is 5.97 Å². The molecule has 9 nitrogen and oxygen atoms in total. The van der Waals surface area contributed by atoms with Gasteiger partial charge < -0.3 is 35.0 Å². The molecule has 5 N–H and O–H groups in total. The van der Waals surface area contributed by atoms with Crippen LogP contribution in [0, 0.1) is 58.7 Å². The molecule has 0 aromatic rings. The molecule has 4 aliphatic rings. The Kier molecular flexibility index (Phi) is 11.4. The molecule has 3 aliphatic carbocycles. The molecule has 258 valence electrons. The Morgan fingerprint density at radius 1 is 1.13 bits per heavy atom. The fourth-order valence-electron chi connectivity index (χ4n) is 9.76. The van der Waals surface area contributed by atoms with E-state index in [9.17, 15) is 35.1 Å². The molecular weight excluding hydrogens is 576 g/mol. The van der Waals surface area contributed by atoms with Gasteiger partial charge in [0.25, 0.3) is 0 Å². The molecule has 9 heteroatoms. The zero-order valence-corrected chi connectivity index (χ0v) is 28.6. The first-order chi connectivity index (χ1) is 21.0. The van der Waals surface area contributed by atoms with Gasteiger partial charge in [0.1, 0.15) is 11.7 Å². The number of ether oxygens (including phenoxy) is 2. The van der Waals surface area contributed by atoms with Gasteiger partial charge in [0, 0.05) is 43.3 Å². The SMILES string of the molecule is CCCC(=O)[C@@H](C)[C@H]1O[C@@](O)([C@H](C)C(=O)OC[C@@H](CO)[C@H]2CC[C@]3(C)C[C@@H]4[C@H](CO)C[C@@H](O)[C@H]4[C@@](C)(O)C/C=C/23)[C@H](C)C[C@H]1C. The molecule has 14 atom stereocenters. The third-order valence-electron chi connectivity index (χ3n) is 12.5. The van der Waals surface area contributed by atoms with Crippen molar-refractivity contribution in [3.63, 3.8) is 0 Å². The van der Waals surface area contributed by atoms with E-state index in [2.05, 4.69) is 13.0 Å². The molecule has 45 heavy (non-hydrogen) atoms. The minimum atomic E-state index is -1.78. The summed E-state index contributed by atoms with van der Waals surface area (Å²) in [5, 5.41) is 54.7. The van der Waals surface area contributed by atoms with Gasteiger partial charge in [0.05, 0.1) is 24.4 Å². The van der Waals surface area contributed by atoms with Gasteiger partial charge in [-0.05, 0) is 87.9 Å². The number of allylic oxidation sites excluding steroid dienone is 1. The predicted molar refractivity (Wildman–Crippen MR) is 169 cm³/mol. The van der Waals surface area contributed by atoms with Crippen LogP contribution in [0.25, 0.3) is 0 Å². The summed E-state index contributed by atoms with van der Waals surface area (Å²) in [6.07, 6.45) is 5.94. The summed E-state index contributed by atoms with van der Waals surface area (Å²) < 4.78 is 12.1. The largest absolute Gasteiger partial charge is 0.465 e. The van der Waals surface area contributed by atoms with E-state index in [0.717, 1.165) is 31.3 Å². The third kappa shape index (κ3) is 6.95. The summed E-state index contributed by atoms with van der Waals surface area (Å²) in [6.45, 7) is 13.0. The van der Waals surface area contributed by atoms with Crippen molar-refractivity contribution in [2.24, 2.45) is 58.7 Å². The highest BCUT2D eigenvalue weighted by molar-refractivity contribution is 5.81. The molecule has 0 unspecified atom stereocenters. The van der Waals surface area contributed by atoms with Crippen molar-refractivity contribution in [1.29, 1.82) is 0 Å². The second kappa shape index (κ2) is 14.0. The quantitative estimate of drug-likeness (QED) is 0.167. The minimum absolute atomic E-state index is 0.0200. The number of hydrogen-bond donors (Lipinski definition) is 5. The summed E-state index contributed by atoms with van der Waals surface area (Å²) >= 11 is 0. The Balaban J connectivity index is 1.47. The highest BCUT2D eigenvalue weighted by Gasteiger charge is 2.56. The molecule has 0 spiro atoms. The predicted octanol–water partition coefficient (Wildman–Crippen LogP) is 4.02. The number of carbonyl (C=O) groups excluding carboxylic acids is 2. The van der Waals surface area contributed by atoms with Gasteiger partial charge in [0.15, 0.2) is 5.79 Å². The van der Waals surface area contributed by atoms with Crippen molar-refractivity contribution in [1.82, 2.24) is 0 Å². The molecular formula is C36H60O9. The van der Waals surface area contributed by atoms with Crippen LogP contribution >= 0.6 is 0 Å². The third-order valence-corrected chi connectivity index (χ3v) is 12.5. The second-order valence-electron chi connectivity index (χ2n) is 15.8. The van der Waals surface area contributed by atoms with Crippen molar-refractivity contribution >= 4 is 11.8 Å². The van der Waals surface area contributed by atoms with Crippen molar-refractivity contribution < 1.29 is 44.6 Å². The Hall–Kier alpha value is -1.36. The summed E-state index contributed by atoms with van der Waals surface area (Å²) in [5.41, 5.74) is -0.204. The number of fused-ring (bicyclic) bond motifs is 2. The van der Waals surface area contributed by atoms with Gasteiger partial charge in [-0.15, -0.1) is 0 Å². The fraction of sp³-hybridized carbons (Fsp3) is 0.889. The van der Waals surface area contributed by atoms with Crippen LogP contribution in [0.2, 0.25) is 0 Å². The van der Waals surface area contributed by atoms with E-state index in [0.29, 0.717) is 25.7 Å². The van der Waals surface area contributed by atoms with E-state index in [1.165, 1.54) is 0 Å². The molecule has 1 aliphatic heterocycles. The normalized spacial score (nSPS) is 44.8. The van der Waals surface area contributed by atoms with E-state index in [1.54, 1.807) is 13.8 Å². The molecule has 0 amide bonds. The smallest absolute Gasteiger partial charge is 0.314 e. The number of ketones is 1.